The summed E-state index contributed by atoms with van der Waals surface area (Å²) in [5.74, 6) is 0. The maximum absolute atomic E-state index is 11.2. The Morgan fingerprint density at radius 1 is 0.889 bits per heavy atom. The molecule has 5 nitrogen and oxygen atoms in total. The first kappa shape index (κ1) is 24.9. The Bertz CT molecular complexity index is 503. The van der Waals surface area contributed by atoms with Crippen LogP contribution in [0.3, 0.4) is 0 Å². The van der Waals surface area contributed by atoms with E-state index in [2.05, 4.69) is 6.92 Å². The lowest BCUT2D eigenvalue weighted by Crippen LogP contribution is -2.45. The van der Waals surface area contributed by atoms with Crippen LogP contribution in [0.2, 0.25) is 0 Å². The minimum absolute atomic E-state index is 0.0211. The van der Waals surface area contributed by atoms with E-state index in [4.69, 9.17) is 13.5 Å². The van der Waals surface area contributed by atoms with Gasteiger partial charge in [0.2, 0.25) is 0 Å². The molecule has 0 aromatic rings. The Hall–Kier alpha value is -0.170. The van der Waals surface area contributed by atoms with Gasteiger partial charge in [-0.2, -0.15) is 8.42 Å². The highest BCUT2D eigenvalue weighted by atomic mass is 32.3. The molecule has 0 spiro atoms. The average molecular weight is 407 g/mol. The van der Waals surface area contributed by atoms with Crippen LogP contribution < -0.4 is 0 Å². The fourth-order valence-corrected chi connectivity index (χ4v) is 4.93. The molecule has 0 aliphatic carbocycles. The van der Waals surface area contributed by atoms with Crippen molar-refractivity contribution in [2.24, 2.45) is 0 Å². The number of ether oxygens (including phenoxy) is 1. The lowest BCUT2D eigenvalue weighted by atomic mass is 9.82. The van der Waals surface area contributed by atoms with E-state index in [1.165, 1.54) is 64.2 Å². The zero-order valence-electron chi connectivity index (χ0n) is 18.0. The quantitative estimate of drug-likeness (QED) is 0.176. The van der Waals surface area contributed by atoms with Crippen LogP contribution in [0.25, 0.3) is 0 Å². The first-order valence-electron chi connectivity index (χ1n) is 11.0. The molecule has 6 heteroatoms. The van der Waals surface area contributed by atoms with Crippen LogP contribution in [0.5, 0.6) is 0 Å². The van der Waals surface area contributed by atoms with Gasteiger partial charge in [0, 0.05) is 0 Å². The van der Waals surface area contributed by atoms with E-state index < -0.39 is 21.6 Å². The van der Waals surface area contributed by atoms with Gasteiger partial charge in [-0.15, -0.1) is 0 Å². The van der Waals surface area contributed by atoms with Crippen molar-refractivity contribution in [3.8, 4) is 0 Å². The normalized spacial score (nSPS) is 22.9. The third-order valence-electron chi connectivity index (χ3n) is 5.84. The number of epoxide rings is 1. The van der Waals surface area contributed by atoms with Crippen LogP contribution >= 0.6 is 0 Å². The van der Waals surface area contributed by atoms with Crippen LogP contribution in [-0.2, 0) is 19.3 Å². The minimum atomic E-state index is -4.49. The molecule has 27 heavy (non-hydrogen) atoms. The first-order chi connectivity index (χ1) is 12.7. The number of hydrogen-bond donors (Lipinski definition) is 1. The molecule has 0 bridgehead atoms. The van der Waals surface area contributed by atoms with Crippen molar-refractivity contribution in [2.75, 3.05) is 0 Å². The van der Waals surface area contributed by atoms with Crippen LogP contribution in [0.1, 0.15) is 118 Å². The molecule has 1 aliphatic rings. The molecule has 1 saturated heterocycles. The van der Waals surface area contributed by atoms with Gasteiger partial charge < -0.3 is 4.74 Å². The molecular formula is C21H42O5S. The average Bonchev–Trinajstić information content (AvgIpc) is 3.26. The van der Waals surface area contributed by atoms with Crippen LogP contribution in [0.4, 0.5) is 0 Å². The fourth-order valence-electron chi connectivity index (χ4n) is 4.26. The van der Waals surface area contributed by atoms with Crippen molar-refractivity contribution in [3.05, 3.63) is 0 Å². The Morgan fingerprint density at radius 3 is 1.81 bits per heavy atom. The molecule has 162 valence electrons. The van der Waals surface area contributed by atoms with Gasteiger partial charge in [-0.3, -0.25) is 4.55 Å². The molecule has 1 N–H and O–H groups in total. The topological polar surface area (TPSA) is 76.1 Å². The van der Waals surface area contributed by atoms with E-state index >= 15 is 0 Å². The second kappa shape index (κ2) is 11.7. The minimum Gasteiger partial charge on any atom is -0.363 e. The van der Waals surface area contributed by atoms with Crippen molar-refractivity contribution < 1.29 is 21.9 Å². The van der Waals surface area contributed by atoms with E-state index in [1.54, 1.807) is 13.8 Å². The van der Waals surface area contributed by atoms with Crippen molar-refractivity contribution in [3.63, 3.8) is 0 Å². The summed E-state index contributed by atoms with van der Waals surface area (Å²) in [4.78, 5) is 0. The molecule has 1 rings (SSSR count). The molecule has 0 aromatic carbocycles. The second-order valence-electron chi connectivity index (χ2n) is 8.59. The van der Waals surface area contributed by atoms with Crippen LogP contribution in [0, 0.1) is 0 Å². The maximum atomic E-state index is 11.2. The van der Waals surface area contributed by atoms with Crippen molar-refractivity contribution in [2.45, 2.75) is 135 Å². The van der Waals surface area contributed by atoms with E-state index in [0.29, 0.717) is 0 Å². The summed E-state index contributed by atoms with van der Waals surface area (Å²) in [6.45, 7) is 7.68. The van der Waals surface area contributed by atoms with Gasteiger partial charge in [0.15, 0.2) is 0 Å². The molecule has 2 unspecified atom stereocenters. The Balaban J connectivity index is 2.20. The van der Waals surface area contributed by atoms with E-state index in [9.17, 15) is 8.42 Å². The van der Waals surface area contributed by atoms with Crippen molar-refractivity contribution >= 4 is 10.4 Å². The largest absolute Gasteiger partial charge is 0.397 e. The van der Waals surface area contributed by atoms with Gasteiger partial charge >= 0.3 is 10.4 Å². The molecule has 1 fully saturated rings. The number of unbranched alkanes of at least 4 members (excludes halogenated alkanes) is 10. The summed E-state index contributed by atoms with van der Waals surface area (Å²) in [6.07, 6.45) is 16.9. The number of rotatable bonds is 17. The molecule has 0 amide bonds. The summed E-state index contributed by atoms with van der Waals surface area (Å²) in [6, 6.07) is 0. The Kier molecular flexibility index (Phi) is 10.8. The zero-order chi connectivity index (χ0) is 20.4. The Morgan fingerprint density at radius 2 is 1.37 bits per heavy atom. The third kappa shape index (κ3) is 8.80. The maximum Gasteiger partial charge on any atom is 0.397 e. The lowest BCUT2D eigenvalue weighted by Gasteiger charge is -2.30. The molecule has 2 atom stereocenters. The van der Waals surface area contributed by atoms with Crippen LogP contribution in [0.15, 0.2) is 0 Å². The highest BCUT2D eigenvalue weighted by Gasteiger charge is 2.65. The standard InChI is InChI=1S/C21H42O5S/c1-5-7-8-9-10-11-12-13-14-15-16-17-19-21(25-19,18-6-2)20(3,4)26-27(22,23)24/h19H,5-18H2,1-4H3,(H,22,23,24). The molecular weight excluding hydrogens is 364 g/mol. The summed E-state index contributed by atoms with van der Waals surface area (Å²) in [7, 11) is -4.49. The monoisotopic (exact) mass is 406 g/mol. The van der Waals surface area contributed by atoms with E-state index in [-0.39, 0.29) is 6.10 Å². The molecule has 0 aromatic heterocycles. The van der Waals surface area contributed by atoms with Gasteiger partial charge in [-0.05, 0) is 26.7 Å². The highest BCUT2D eigenvalue weighted by molar-refractivity contribution is 7.80. The summed E-state index contributed by atoms with van der Waals surface area (Å²) in [5, 5.41) is 0. The predicted octanol–water partition coefficient (Wildman–Crippen LogP) is 6.22. The van der Waals surface area contributed by atoms with E-state index in [0.717, 1.165) is 25.7 Å². The Labute approximate surface area is 167 Å². The molecule has 1 aliphatic heterocycles. The van der Waals surface area contributed by atoms with Gasteiger partial charge in [0.25, 0.3) is 0 Å². The third-order valence-corrected chi connectivity index (χ3v) is 6.47. The smallest absolute Gasteiger partial charge is 0.363 e. The van der Waals surface area contributed by atoms with Gasteiger partial charge in [-0.1, -0.05) is 90.9 Å². The molecule has 1 heterocycles. The van der Waals surface area contributed by atoms with Gasteiger partial charge in [0.05, 0.1) is 6.10 Å². The van der Waals surface area contributed by atoms with Crippen molar-refractivity contribution in [1.82, 2.24) is 0 Å². The van der Waals surface area contributed by atoms with Crippen LogP contribution in [-0.4, -0.2) is 30.3 Å². The molecule has 0 radical (unpaired) electrons. The summed E-state index contributed by atoms with van der Waals surface area (Å²) >= 11 is 0. The van der Waals surface area contributed by atoms with Gasteiger partial charge in [0.1, 0.15) is 11.2 Å². The summed E-state index contributed by atoms with van der Waals surface area (Å²) < 4.78 is 42.3. The summed E-state index contributed by atoms with van der Waals surface area (Å²) in [5.41, 5.74) is -1.66. The van der Waals surface area contributed by atoms with Gasteiger partial charge in [-0.25, -0.2) is 4.18 Å². The number of hydrogen-bond acceptors (Lipinski definition) is 4. The second-order valence-corrected chi connectivity index (χ2v) is 9.61. The lowest BCUT2D eigenvalue weighted by molar-refractivity contribution is 0.00928. The first-order valence-corrected chi connectivity index (χ1v) is 12.4. The molecule has 0 saturated carbocycles. The highest BCUT2D eigenvalue weighted by Crippen LogP contribution is 2.52. The van der Waals surface area contributed by atoms with E-state index in [1.807, 2.05) is 6.92 Å². The predicted molar refractivity (Wildman–Crippen MR) is 110 cm³/mol. The van der Waals surface area contributed by atoms with Crippen molar-refractivity contribution in [1.29, 1.82) is 0 Å². The zero-order valence-corrected chi connectivity index (χ0v) is 18.8. The fraction of sp³-hybridized carbons (Fsp3) is 1.00. The SMILES string of the molecule is CCCCCCCCCCCCCC1OC1(CCC)C(C)(C)OS(=O)(=O)O.